The van der Waals surface area contributed by atoms with Crippen LogP contribution >= 0.6 is 0 Å². The molecule has 14 rings (SSSR count). The van der Waals surface area contributed by atoms with E-state index in [-0.39, 0.29) is 65.8 Å². The first-order chi connectivity index (χ1) is 53.8. The summed E-state index contributed by atoms with van der Waals surface area (Å²) in [4.78, 5) is 4.80. The minimum atomic E-state index is -4.88. The fourth-order valence-electron chi connectivity index (χ4n) is 10.6. The van der Waals surface area contributed by atoms with Crippen molar-refractivity contribution in [2.75, 3.05) is 0 Å². The Hall–Kier alpha value is -6.99. The molecule has 0 saturated heterocycles. The van der Waals surface area contributed by atoms with Crippen LogP contribution in [-0.4, -0.2) is 27.4 Å². The fraction of sp³-hybridized carbons (Fsp3) is 0.260. The number of imidazole rings is 1. The zero-order valence-corrected chi connectivity index (χ0v) is 47.4. The molecule has 2 aliphatic rings. The monoisotopic (exact) mass is 1340 g/mol. The average molecular weight is 1340 g/mol. The molecule has 0 saturated carbocycles. The first-order valence-electron chi connectivity index (χ1n) is 44.2. The molecule has 0 bridgehead atoms. The molecule has 408 valence electrons. The van der Waals surface area contributed by atoms with E-state index in [9.17, 15) is 19.2 Å². The molecule has 0 amide bonds. The molecule has 81 heavy (non-hydrogen) atoms. The van der Waals surface area contributed by atoms with Crippen LogP contribution in [0.3, 0.4) is 0 Å². The van der Waals surface area contributed by atoms with Gasteiger partial charge in [0.25, 0.3) is 6.33 Å². The van der Waals surface area contributed by atoms with Gasteiger partial charge in [0.15, 0.2) is 0 Å². The Bertz CT molecular complexity index is 5980. The molecular weight excluding hydrogens is 1230 g/mol. The molecule has 8 aromatic carbocycles. The predicted molar refractivity (Wildman–Crippen MR) is 332 cm³/mol. The van der Waals surface area contributed by atoms with Gasteiger partial charge in [0.05, 0.1) is 24.9 Å². The quantitative estimate of drug-likeness (QED) is 0.0865. The van der Waals surface area contributed by atoms with E-state index < -0.39 is 202 Å². The van der Waals surface area contributed by atoms with Gasteiger partial charge in [-0.1, -0.05) is 127 Å². The Morgan fingerprint density at radius 3 is 1.89 bits per heavy atom. The van der Waals surface area contributed by atoms with Crippen LogP contribution < -0.4 is 13.7 Å². The topological polar surface area (TPSA) is 49.0 Å². The van der Waals surface area contributed by atoms with Gasteiger partial charge in [-0.3, -0.25) is 4.57 Å². The van der Waals surface area contributed by atoms with Crippen molar-refractivity contribution in [3.63, 3.8) is 0 Å². The van der Waals surface area contributed by atoms with Crippen molar-refractivity contribution >= 4 is 72.4 Å². The van der Waals surface area contributed by atoms with Crippen molar-refractivity contribution in [3.8, 4) is 50.9 Å². The maximum absolute atomic E-state index is 10.5. The molecule has 4 heterocycles. The molecule has 0 spiro atoms. The molecule has 0 N–H and O–H groups in total. The van der Waals surface area contributed by atoms with Crippen molar-refractivity contribution in [1.82, 2.24) is 14.1 Å². The van der Waals surface area contributed by atoms with Crippen LogP contribution in [0, 0.1) is 18.5 Å². The summed E-state index contributed by atoms with van der Waals surface area (Å²) in [6.45, 7) is -36.6. The van der Waals surface area contributed by atoms with Crippen LogP contribution in [0.4, 0.5) is 0 Å². The van der Waals surface area contributed by atoms with Crippen molar-refractivity contribution in [3.05, 3.63) is 204 Å². The molecular formula is C73H68GeN4O2Pt-2. The second kappa shape index (κ2) is 19.0. The molecule has 0 unspecified atom stereocenters. The summed E-state index contributed by atoms with van der Waals surface area (Å²) in [5.41, 5.74) is -30.7. The number of hydrogen-bond acceptors (Lipinski definition) is 3. The van der Waals surface area contributed by atoms with Crippen LogP contribution in [0.2, 0.25) is 17.3 Å². The van der Waals surface area contributed by atoms with E-state index in [0.717, 1.165) is 43.5 Å². The van der Waals surface area contributed by atoms with Gasteiger partial charge < -0.3 is 4.42 Å². The number of rotatable bonds is 8. The van der Waals surface area contributed by atoms with Gasteiger partial charge in [-0.15, -0.1) is 0 Å². The van der Waals surface area contributed by atoms with Crippen LogP contribution in [0.15, 0.2) is 168 Å². The number of hydrogen-bond donors (Lipinski definition) is 0. The molecule has 0 fully saturated rings. The summed E-state index contributed by atoms with van der Waals surface area (Å²) in [5.74, 6) is 7.40. The Balaban J connectivity index is 0.0000123. The fourth-order valence-corrected chi connectivity index (χ4v) is 13.0. The van der Waals surface area contributed by atoms with E-state index in [1.807, 2.05) is 47.0 Å². The summed E-state index contributed by atoms with van der Waals surface area (Å²) < 4.78 is 374. The van der Waals surface area contributed by atoms with Crippen molar-refractivity contribution in [2.24, 2.45) is 0 Å². The van der Waals surface area contributed by atoms with E-state index in [4.69, 9.17) is 47.0 Å². The maximum atomic E-state index is 10.5. The molecule has 8 heteroatoms. The van der Waals surface area contributed by atoms with Crippen molar-refractivity contribution in [1.29, 1.82) is 0 Å². The number of furan rings is 1. The van der Waals surface area contributed by atoms with Crippen LogP contribution in [0.1, 0.15) is 155 Å². The molecule has 6 nitrogen and oxygen atoms in total. The van der Waals surface area contributed by atoms with Gasteiger partial charge in [0, 0.05) is 75.7 Å². The van der Waals surface area contributed by atoms with Crippen molar-refractivity contribution < 1.29 is 86.9 Å². The Morgan fingerprint density at radius 1 is 0.605 bits per heavy atom. The molecule has 0 aliphatic heterocycles. The van der Waals surface area contributed by atoms with E-state index in [1.165, 1.54) is 34.9 Å². The van der Waals surface area contributed by atoms with E-state index >= 15 is 0 Å². The minimum Gasteiger partial charge on any atom is -0.457 e. The Kier molecular flexibility index (Phi) is 6.03. The number of para-hydroxylation sites is 3. The third-order valence-electron chi connectivity index (χ3n) is 14.6. The van der Waals surface area contributed by atoms with Crippen LogP contribution in [0.5, 0.6) is 11.5 Å². The van der Waals surface area contributed by atoms with Gasteiger partial charge in [0.1, 0.15) is 11.2 Å². The summed E-state index contributed by atoms with van der Waals surface area (Å²) in [7, 11) is 0. The van der Waals surface area contributed by atoms with Crippen LogP contribution in [0.25, 0.3) is 94.2 Å². The molecule has 0 radical (unpaired) electrons. The van der Waals surface area contributed by atoms with Crippen LogP contribution in [-0.2, 0) is 42.7 Å². The molecule has 4 aromatic heterocycles. The van der Waals surface area contributed by atoms with Gasteiger partial charge >= 0.3 is 184 Å². The standard InChI is InChI=1S/C73H68GeN4O2.Pt/c1-70(2)33-35-72(5,6)60-38-46(26-30-58(60)70)52-22-17-23-53(47-27-31-59-61(39-47)73(7,8)36-34-71(59,3)4)69(52)77-45-76(65-44-67-57(43-64(65)77)56-21-13-15-25-66(56)80-67)49-18-16-19-50(41-49)79-51-28-29-55-54-20-12-14-24-62(54)78(63(55)42-51)68-40-48(32-37-75-68)74(9,10)11;/h12-32,37-40,43-44H,33-36H2,1-11H3;/q-2;/i1D3,2D3,3D3,4D3,5D3,6D3,7D3,8D3,26D,27D,30D,31D,33D2,34D2,35D2,36D2,38D,39D;. The molecule has 0 atom stereocenters. The van der Waals surface area contributed by atoms with Gasteiger partial charge in [-0.05, 0) is 110 Å². The summed E-state index contributed by atoms with van der Waals surface area (Å²) in [6.07, 6.45) is -14.5. The zero-order chi connectivity index (χ0) is 87.6. The average Bonchev–Trinajstić information content (AvgIpc) is 0.985. The van der Waals surface area contributed by atoms with Crippen molar-refractivity contribution in [2.45, 2.75) is 119 Å². The van der Waals surface area contributed by atoms with Gasteiger partial charge in [-0.25, -0.2) is 0 Å². The predicted octanol–water partition coefficient (Wildman–Crippen LogP) is 18.1. The van der Waals surface area contributed by atoms with Gasteiger partial charge in [-0.2, -0.15) is 0 Å². The summed E-state index contributed by atoms with van der Waals surface area (Å²) >= 11 is -2.50. The number of pyridine rings is 1. The molecule has 2 aliphatic carbocycles. The van der Waals surface area contributed by atoms with E-state index in [1.54, 1.807) is 36.5 Å². The number of nitrogens with zero attached hydrogens (tertiary/aromatic N) is 4. The zero-order valence-electron chi connectivity index (χ0n) is 81.0. The second-order valence-electron chi connectivity index (χ2n) is 21.0. The first-order valence-corrected chi connectivity index (χ1v) is 32.6. The smallest absolute Gasteiger partial charge is 0.457 e. The third kappa shape index (κ3) is 8.85. The van der Waals surface area contributed by atoms with Gasteiger partial charge in [0.2, 0.25) is 0 Å². The number of fused-ring (bicyclic) bond motifs is 9. The summed E-state index contributed by atoms with van der Waals surface area (Å²) in [5, 5.41) is 2.20. The first kappa shape index (κ1) is 25.7. The Morgan fingerprint density at radius 2 is 1.22 bits per heavy atom. The number of aromatic nitrogens is 4. The number of ether oxygens (including phenoxy) is 1. The normalized spacial score (nSPS) is 26.8. The SMILES string of the molecule is [2H]c1c([2H])c2c(c([2H])c1-c1cccc(-c3c([2H])c([2H])c4c(c3[2H])C(C([2H])([2H])[2H])(C([2H])([2H])[2H])C([2H])([2H])C([2H])([2H])C4(C([2H])([2H])[2H])C([2H])([2H])[2H])c1-[n+]1[c-]n(-c3[c-]c(Oc4[c-]c5c(cc4)c4ccccc4n5-c4c[c]([Ge]([CH3])([CH3])[CH3])ccn4)ccc3)c3cc4oc5ccccc5c4cc31)C(C([2H])([2H])[2H])(C([2H])([2H])[2H])C([2H])([2H])C([2H])([2H])C2(C([2H])([2H])[2H])C([2H])([2H])[2H].[Pt]. The second-order valence-corrected chi connectivity index (χ2v) is 31.7. The minimum absolute atomic E-state index is 0. The van der Waals surface area contributed by atoms with E-state index in [2.05, 4.69) is 35.7 Å². The number of benzene rings is 8. The third-order valence-corrected chi connectivity index (χ3v) is 18.9. The summed E-state index contributed by atoms with van der Waals surface area (Å²) in [6, 6.07) is 27.6. The van der Waals surface area contributed by atoms with E-state index in [0.29, 0.717) is 16.7 Å². The molecule has 12 aromatic rings. The Labute approximate surface area is 546 Å².